The predicted octanol–water partition coefficient (Wildman–Crippen LogP) is 4.09. The van der Waals surface area contributed by atoms with Gasteiger partial charge in [-0.25, -0.2) is 0 Å². The molecule has 0 saturated heterocycles. The summed E-state index contributed by atoms with van der Waals surface area (Å²) >= 11 is 1.76. The van der Waals surface area contributed by atoms with Gasteiger partial charge in [-0.3, -0.25) is 4.79 Å². The number of hydrogen-bond donors (Lipinski definition) is 0. The van der Waals surface area contributed by atoms with Crippen LogP contribution in [0.1, 0.15) is 49.1 Å². The molecule has 1 amide bonds. The van der Waals surface area contributed by atoms with Crippen LogP contribution in [0.2, 0.25) is 0 Å². The Hall–Kier alpha value is -1.55. The normalized spacial score (nSPS) is 19.9. The number of thiophene rings is 1. The number of carbonyl (C=O) groups excluding carboxylic acids is 1. The van der Waals surface area contributed by atoms with E-state index >= 15 is 0 Å². The second kappa shape index (κ2) is 5.82. The highest BCUT2D eigenvalue weighted by Gasteiger charge is 2.48. The average Bonchev–Trinajstić information content (AvgIpc) is 3.00. The summed E-state index contributed by atoms with van der Waals surface area (Å²) in [7, 11) is 2.06. The number of rotatable bonds is 5. The molecule has 4 heteroatoms. The fraction of sp³-hybridized carbons (Fsp3) is 0.526. The van der Waals surface area contributed by atoms with Crippen molar-refractivity contribution in [3.8, 4) is 0 Å². The molecule has 0 N–H and O–H groups in total. The maximum absolute atomic E-state index is 13.6. The smallest absolute Gasteiger partial charge is 0.234 e. The zero-order valence-electron chi connectivity index (χ0n) is 13.7. The monoisotopic (exact) mass is 328 g/mol. The van der Waals surface area contributed by atoms with E-state index in [0.717, 1.165) is 32.2 Å². The minimum Gasteiger partial charge on any atom is -0.353 e. The Kier molecular flexibility index (Phi) is 3.80. The maximum atomic E-state index is 13.6. The van der Waals surface area contributed by atoms with Crippen molar-refractivity contribution in [1.29, 1.82) is 0 Å². The zero-order valence-corrected chi connectivity index (χ0v) is 14.5. The molecule has 2 aliphatic rings. The number of aryl methyl sites for hydroxylation is 1. The summed E-state index contributed by atoms with van der Waals surface area (Å²) in [4.78, 5) is 17.1. The lowest BCUT2D eigenvalue weighted by atomic mass is 9.82. The lowest BCUT2D eigenvalue weighted by Crippen LogP contribution is -2.46. The van der Waals surface area contributed by atoms with Gasteiger partial charge in [0.15, 0.2) is 0 Å². The Morgan fingerprint density at radius 2 is 2.09 bits per heavy atom. The number of hydrogen-bond acceptors (Lipinski definition) is 2. The first kappa shape index (κ1) is 15.0. The van der Waals surface area contributed by atoms with Gasteiger partial charge in [0.25, 0.3) is 0 Å². The zero-order chi connectivity index (χ0) is 15.9. The van der Waals surface area contributed by atoms with Crippen molar-refractivity contribution < 1.29 is 4.79 Å². The molecule has 2 aliphatic carbocycles. The van der Waals surface area contributed by atoms with Gasteiger partial charge in [0.1, 0.15) is 0 Å². The summed E-state index contributed by atoms with van der Waals surface area (Å²) in [5.41, 5.74) is 0.978. The molecule has 23 heavy (non-hydrogen) atoms. The molecular formula is C19H24N2OS. The fourth-order valence-corrected chi connectivity index (χ4v) is 4.94. The van der Waals surface area contributed by atoms with E-state index in [1.165, 1.54) is 23.4 Å². The van der Waals surface area contributed by atoms with E-state index in [4.69, 9.17) is 0 Å². The third-order valence-electron chi connectivity index (χ3n) is 5.49. The highest BCUT2D eigenvalue weighted by molar-refractivity contribution is 7.10. The summed E-state index contributed by atoms with van der Waals surface area (Å²) in [6, 6.07) is 8.91. The highest BCUT2D eigenvalue weighted by Crippen LogP contribution is 2.46. The third-order valence-corrected chi connectivity index (χ3v) is 6.57. The van der Waals surface area contributed by atoms with Crippen LogP contribution in [0.3, 0.4) is 0 Å². The lowest BCUT2D eigenvalue weighted by molar-refractivity contribution is -0.138. The summed E-state index contributed by atoms with van der Waals surface area (Å²) in [6.45, 7) is 0.750. The first-order chi connectivity index (χ1) is 11.2. The fourth-order valence-electron chi connectivity index (χ4n) is 3.96. The van der Waals surface area contributed by atoms with Crippen LogP contribution in [0.15, 0.2) is 35.8 Å². The quantitative estimate of drug-likeness (QED) is 0.811. The molecule has 2 aromatic rings. The molecular weight excluding hydrogens is 304 g/mol. The molecule has 0 spiro atoms. The third kappa shape index (κ3) is 2.63. The first-order valence-corrected chi connectivity index (χ1v) is 9.54. The van der Waals surface area contributed by atoms with Crippen LogP contribution in [-0.2, 0) is 23.8 Å². The van der Waals surface area contributed by atoms with Gasteiger partial charge < -0.3 is 9.47 Å². The lowest BCUT2D eigenvalue weighted by Gasteiger charge is -2.34. The van der Waals surface area contributed by atoms with Crippen LogP contribution >= 0.6 is 11.3 Å². The molecule has 4 rings (SSSR count). The van der Waals surface area contributed by atoms with Gasteiger partial charge in [0, 0.05) is 29.9 Å². The molecule has 0 aromatic carbocycles. The first-order valence-electron chi connectivity index (χ1n) is 8.66. The van der Waals surface area contributed by atoms with E-state index in [0.29, 0.717) is 11.9 Å². The van der Waals surface area contributed by atoms with Crippen LogP contribution in [0.4, 0.5) is 0 Å². The summed E-state index contributed by atoms with van der Waals surface area (Å²) in [5, 5.41) is 2.11. The van der Waals surface area contributed by atoms with Gasteiger partial charge in [0.05, 0.1) is 12.0 Å². The topological polar surface area (TPSA) is 25.2 Å². The summed E-state index contributed by atoms with van der Waals surface area (Å²) < 4.78 is 2.13. The molecule has 0 unspecified atom stereocenters. The molecule has 2 aromatic heterocycles. The Labute approximate surface area is 141 Å². The van der Waals surface area contributed by atoms with Gasteiger partial charge in [0.2, 0.25) is 5.91 Å². The number of amides is 1. The standard InChI is InChI=1S/C19H24N2OS/c1-20-12-4-6-16(20)14-21(15-8-9-15)18(22)19(10-2-3-11-19)17-7-5-13-23-17/h4-7,12-13,15H,2-3,8-11,14H2,1H3. The van der Waals surface area contributed by atoms with Crippen LogP contribution in [0.5, 0.6) is 0 Å². The van der Waals surface area contributed by atoms with Gasteiger partial charge in [-0.15, -0.1) is 11.3 Å². The average molecular weight is 328 g/mol. The Bertz CT molecular complexity index is 678. The number of carbonyl (C=O) groups is 1. The Morgan fingerprint density at radius 1 is 1.30 bits per heavy atom. The molecule has 2 fully saturated rings. The predicted molar refractivity (Wildman–Crippen MR) is 93.5 cm³/mol. The van der Waals surface area contributed by atoms with Gasteiger partial charge >= 0.3 is 0 Å². The Morgan fingerprint density at radius 3 is 2.65 bits per heavy atom. The van der Waals surface area contributed by atoms with Crippen LogP contribution in [-0.4, -0.2) is 21.4 Å². The maximum Gasteiger partial charge on any atom is 0.234 e. The van der Waals surface area contributed by atoms with E-state index in [1.54, 1.807) is 11.3 Å². The van der Waals surface area contributed by atoms with Crippen molar-refractivity contribution >= 4 is 17.2 Å². The second-order valence-electron chi connectivity index (χ2n) is 7.04. The second-order valence-corrected chi connectivity index (χ2v) is 7.99. The molecule has 2 heterocycles. The van der Waals surface area contributed by atoms with E-state index < -0.39 is 0 Å². The summed E-state index contributed by atoms with van der Waals surface area (Å²) in [6.07, 6.45) is 8.77. The van der Waals surface area contributed by atoms with Crippen LogP contribution in [0, 0.1) is 0 Å². The van der Waals surface area contributed by atoms with Crippen LogP contribution in [0.25, 0.3) is 0 Å². The van der Waals surface area contributed by atoms with E-state index in [1.807, 2.05) is 0 Å². The molecule has 122 valence electrons. The van der Waals surface area contributed by atoms with Crippen molar-refractivity contribution in [2.45, 2.75) is 56.5 Å². The van der Waals surface area contributed by atoms with Crippen molar-refractivity contribution in [1.82, 2.24) is 9.47 Å². The van der Waals surface area contributed by atoms with E-state index in [9.17, 15) is 4.79 Å². The Balaban J connectivity index is 1.65. The van der Waals surface area contributed by atoms with E-state index in [2.05, 4.69) is 52.4 Å². The molecule has 0 aliphatic heterocycles. The molecule has 2 saturated carbocycles. The molecule has 3 nitrogen and oxygen atoms in total. The minimum atomic E-state index is -0.248. The number of aromatic nitrogens is 1. The molecule has 0 radical (unpaired) electrons. The number of nitrogens with zero attached hydrogens (tertiary/aromatic N) is 2. The van der Waals surface area contributed by atoms with Crippen LogP contribution < -0.4 is 0 Å². The SMILES string of the molecule is Cn1cccc1CN(C(=O)C1(c2cccs2)CCCC1)C1CC1. The summed E-state index contributed by atoms with van der Waals surface area (Å²) in [5.74, 6) is 0.376. The largest absolute Gasteiger partial charge is 0.353 e. The van der Waals surface area contributed by atoms with E-state index in [-0.39, 0.29) is 5.41 Å². The van der Waals surface area contributed by atoms with Crippen molar-refractivity contribution in [2.24, 2.45) is 7.05 Å². The van der Waals surface area contributed by atoms with Crippen molar-refractivity contribution in [2.75, 3.05) is 0 Å². The van der Waals surface area contributed by atoms with Gasteiger partial charge in [-0.2, -0.15) is 0 Å². The molecule has 0 bridgehead atoms. The van der Waals surface area contributed by atoms with Crippen molar-refractivity contribution in [3.63, 3.8) is 0 Å². The molecule has 0 atom stereocenters. The highest BCUT2D eigenvalue weighted by atomic mass is 32.1. The minimum absolute atomic E-state index is 0.248. The van der Waals surface area contributed by atoms with Crippen molar-refractivity contribution in [3.05, 3.63) is 46.4 Å². The van der Waals surface area contributed by atoms with Gasteiger partial charge in [-0.05, 0) is 49.3 Å². The van der Waals surface area contributed by atoms with Gasteiger partial charge in [-0.1, -0.05) is 18.9 Å².